The molecule has 192 valence electrons. The Labute approximate surface area is 217 Å². The Morgan fingerprint density at radius 2 is 1.67 bits per heavy atom. The molecule has 0 radical (unpaired) electrons. The first kappa shape index (κ1) is 26.3. The zero-order valence-electron chi connectivity index (χ0n) is 20.9. The van der Waals surface area contributed by atoms with Gasteiger partial charge in [0.2, 0.25) is 27.7 Å². The molecule has 2 aromatic carbocycles. The molecular weight excluding hydrogens is 500 g/mol. The third kappa shape index (κ3) is 5.79. The smallest absolute Gasteiger partial charge is 0.247 e. The molecule has 3 aromatic rings. The predicted octanol–water partition coefficient (Wildman–Crippen LogP) is 4.75. The molecule has 0 atom stereocenters. The van der Waals surface area contributed by atoms with E-state index in [0.717, 1.165) is 5.56 Å². The van der Waals surface area contributed by atoms with Crippen LogP contribution in [0.4, 0.5) is 0 Å². The number of carbonyl (C=O) groups excluding carboxylic acids is 1. The highest BCUT2D eigenvalue weighted by atomic mass is 35.5. The van der Waals surface area contributed by atoms with Crippen LogP contribution < -0.4 is 0 Å². The lowest BCUT2D eigenvalue weighted by molar-refractivity contribution is -0.136. The molecule has 4 rings (SSSR count). The van der Waals surface area contributed by atoms with E-state index in [1.165, 1.54) is 22.0 Å². The molecule has 0 spiro atoms. The van der Waals surface area contributed by atoms with Crippen LogP contribution in [-0.4, -0.2) is 53.9 Å². The molecule has 0 bridgehead atoms. The summed E-state index contributed by atoms with van der Waals surface area (Å²) in [4.78, 5) is 14.8. The van der Waals surface area contributed by atoms with Crippen molar-refractivity contribution in [2.45, 2.75) is 50.5 Å². The Balaban J connectivity index is 1.33. The van der Waals surface area contributed by atoms with Gasteiger partial charge in [-0.15, -0.1) is 10.2 Å². The highest BCUT2D eigenvalue weighted by Crippen LogP contribution is 2.27. The van der Waals surface area contributed by atoms with E-state index in [4.69, 9.17) is 16.0 Å². The Bertz CT molecular complexity index is 1310. The lowest BCUT2D eigenvalue weighted by Crippen LogP contribution is -2.43. The number of halogens is 1. The highest BCUT2D eigenvalue weighted by Gasteiger charge is 2.33. The number of carbonyl (C=O) groups is 1. The summed E-state index contributed by atoms with van der Waals surface area (Å²) >= 11 is 5.88. The maximum atomic E-state index is 13.0. The summed E-state index contributed by atoms with van der Waals surface area (Å²) in [6.07, 6.45) is 0.899. The number of amides is 1. The Morgan fingerprint density at radius 1 is 1.06 bits per heavy atom. The third-order valence-electron chi connectivity index (χ3n) is 6.47. The van der Waals surface area contributed by atoms with Crippen LogP contribution in [0.2, 0.25) is 5.02 Å². The van der Waals surface area contributed by atoms with Crippen molar-refractivity contribution in [3.05, 3.63) is 65.0 Å². The molecule has 1 aliphatic heterocycles. The van der Waals surface area contributed by atoms with E-state index >= 15 is 0 Å². The molecule has 36 heavy (non-hydrogen) atoms. The van der Waals surface area contributed by atoms with E-state index in [1.54, 1.807) is 24.1 Å². The number of benzene rings is 2. The molecule has 1 aliphatic rings. The van der Waals surface area contributed by atoms with Crippen molar-refractivity contribution in [3.8, 4) is 11.5 Å². The zero-order chi connectivity index (χ0) is 26.1. The van der Waals surface area contributed by atoms with Gasteiger partial charge in [-0.2, -0.15) is 4.31 Å². The van der Waals surface area contributed by atoms with Gasteiger partial charge in [-0.1, -0.05) is 44.5 Å². The summed E-state index contributed by atoms with van der Waals surface area (Å²) in [6.45, 7) is 7.22. The molecule has 1 aromatic heterocycles. The normalized spacial score (nSPS) is 15.7. The van der Waals surface area contributed by atoms with E-state index in [0.29, 0.717) is 29.6 Å². The fraction of sp³-hybridized carbons (Fsp3) is 0.423. The average Bonchev–Trinajstić information content (AvgIpc) is 3.32. The lowest BCUT2D eigenvalue weighted by atomic mass is 9.87. The van der Waals surface area contributed by atoms with E-state index < -0.39 is 10.0 Å². The minimum absolute atomic E-state index is 0.0534. The van der Waals surface area contributed by atoms with Gasteiger partial charge >= 0.3 is 0 Å². The minimum Gasteiger partial charge on any atom is -0.419 e. The molecule has 8 nitrogen and oxygen atoms in total. The number of aromatic nitrogens is 2. The van der Waals surface area contributed by atoms with Gasteiger partial charge in [-0.05, 0) is 60.2 Å². The quantitative estimate of drug-likeness (QED) is 0.456. The molecule has 0 N–H and O–H groups in total. The zero-order valence-corrected chi connectivity index (χ0v) is 22.5. The molecule has 2 heterocycles. The van der Waals surface area contributed by atoms with E-state index in [2.05, 4.69) is 31.0 Å². The topological polar surface area (TPSA) is 96.6 Å². The van der Waals surface area contributed by atoms with Gasteiger partial charge in [-0.3, -0.25) is 4.79 Å². The maximum Gasteiger partial charge on any atom is 0.247 e. The largest absolute Gasteiger partial charge is 0.419 e. The second-order valence-corrected chi connectivity index (χ2v) is 12.5. The highest BCUT2D eigenvalue weighted by molar-refractivity contribution is 7.89. The van der Waals surface area contributed by atoms with Crippen molar-refractivity contribution in [2.75, 3.05) is 20.1 Å². The average molecular weight is 531 g/mol. The van der Waals surface area contributed by atoms with Crippen LogP contribution in [0, 0.1) is 5.92 Å². The first-order chi connectivity index (χ1) is 16.9. The van der Waals surface area contributed by atoms with Crippen molar-refractivity contribution in [1.29, 1.82) is 0 Å². The van der Waals surface area contributed by atoms with Gasteiger partial charge in [-0.25, -0.2) is 8.42 Å². The number of hydrogen-bond acceptors (Lipinski definition) is 6. The Morgan fingerprint density at radius 3 is 2.25 bits per heavy atom. The van der Waals surface area contributed by atoms with Crippen LogP contribution in [0.15, 0.2) is 57.8 Å². The summed E-state index contributed by atoms with van der Waals surface area (Å²) in [5.41, 5.74) is 2.09. The van der Waals surface area contributed by atoms with Gasteiger partial charge in [0.1, 0.15) is 0 Å². The number of hydrogen-bond donors (Lipinski definition) is 0. The molecular formula is C26H31ClN4O4S. The summed E-state index contributed by atoms with van der Waals surface area (Å²) < 4.78 is 33.0. The van der Waals surface area contributed by atoms with Crippen LogP contribution in [-0.2, 0) is 26.8 Å². The van der Waals surface area contributed by atoms with Gasteiger partial charge < -0.3 is 9.32 Å². The van der Waals surface area contributed by atoms with Crippen LogP contribution in [0.25, 0.3) is 11.5 Å². The fourth-order valence-electron chi connectivity index (χ4n) is 4.24. The molecule has 0 unspecified atom stereocenters. The van der Waals surface area contributed by atoms with Crippen LogP contribution in [0.3, 0.4) is 0 Å². The summed E-state index contributed by atoms with van der Waals surface area (Å²) in [5.74, 6) is 0.433. The lowest BCUT2D eigenvalue weighted by Gasteiger charge is -2.32. The standard InChI is InChI=1S/C26H31ClN4O4S/c1-26(2,3)20-7-5-18(6-8-20)24-29-28-23(35-24)17-30(4)25(32)19-13-15-31(16-14-19)36(33,34)22-11-9-21(27)10-12-22/h5-12,19H,13-17H2,1-4H3. The predicted molar refractivity (Wildman–Crippen MR) is 138 cm³/mol. The second-order valence-electron chi connectivity index (χ2n) is 10.2. The molecule has 1 saturated heterocycles. The Kier molecular flexibility index (Phi) is 7.54. The SMILES string of the molecule is CN(Cc1nnc(-c2ccc(C(C)(C)C)cc2)o1)C(=O)C1CCN(S(=O)(=O)c2ccc(Cl)cc2)CC1. The maximum absolute atomic E-state index is 13.0. The minimum atomic E-state index is -3.61. The fourth-order valence-corrected chi connectivity index (χ4v) is 5.83. The van der Waals surface area contributed by atoms with E-state index in [1.807, 2.05) is 24.3 Å². The summed E-state index contributed by atoms with van der Waals surface area (Å²) in [5, 5.41) is 8.73. The van der Waals surface area contributed by atoms with Gasteiger partial charge in [0.25, 0.3) is 0 Å². The van der Waals surface area contributed by atoms with Crippen molar-refractivity contribution in [2.24, 2.45) is 5.92 Å². The van der Waals surface area contributed by atoms with Gasteiger partial charge in [0.05, 0.1) is 11.4 Å². The molecule has 1 fully saturated rings. The second kappa shape index (κ2) is 10.3. The Hall–Kier alpha value is -2.75. The first-order valence-corrected chi connectivity index (χ1v) is 13.7. The van der Waals surface area contributed by atoms with Crippen molar-refractivity contribution < 1.29 is 17.6 Å². The number of rotatable bonds is 6. The monoisotopic (exact) mass is 530 g/mol. The summed E-state index contributed by atoms with van der Waals surface area (Å²) in [7, 11) is -1.92. The van der Waals surface area contributed by atoms with Crippen LogP contribution >= 0.6 is 11.6 Å². The van der Waals surface area contributed by atoms with E-state index in [-0.39, 0.29) is 41.8 Å². The summed E-state index contributed by atoms with van der Waals surface area (Å²) in [6, 6.07) is 14.1. The number of nitrogens with zero attached hydrogens (tertiary/aromatic N) is 4. The van der Waals surface area contributed by atoms with Gasteiger partial charge in [0.15, 0.2) is 0 Å². The van der Waals surface area contributed by atoms with Crippen molar-refractivity contribution in [3.63, 3.8) is 0 Å². The van der Waals surface area contributed by atoms with E-state index in [9.17, 15) is 13.2 Å². The molecule has 0 saturated carbocycles. The van der Waals surface area contributed by atoms with Crippen LogP contribution in [0.5, 0.6) is 0 Å². The number of piperidine rings is 1. The van der Waals surface area contributed by atoms with Gasteiger partial charge in [0, 0.05) is 36.6 Å². The van der Waals surface area contributed by atoms with Crippen molar-refractivity contribution >= 4 is 27.5 Å². The first-order valence-electron chi connectivity index (χ1n) is 11.9. The van der Waals surface area contributed by atoms with Crippen LogP contribution in [0.1, 0.15) is 45.1 Å². The molecule has 1 amide bonds. The number of sulfonamides is 1. The molecule has 10 heteroatoms. The van der Waals surface area contributed by atoms with Crippen molar-refractivity contribution in [1.82, 2.24) is 19.4 Å². The molecule has 0 aliphatic carbocycles. The third-order valence-corrected chi connectivity index (χ3v) is 8.63.